The Labute approximate surface area is 156 Å². The van der Waals surface area contributed by atoms with E-state index in [2.05, 4.69) is 30.0 Å². The number of hydrogen-bond donors (Lipinski definition) is 0. The minimum Gasteiger partial charge on any atom is -0.309 e. The van der Waals surface area contributed by atoms with Gasteiger partial charge in [0.2, 0.25) is 0 Å². The monoisotopic (exact) mass is 362 g/mol. The molecule has 0 bridgehead atoms. The maximum atomic E-state index is 10.2. The summed E-state index contributed by atoms with van der Waals surface area (Å²) in [6.45, 7) is 2.98. The molecule has 1 atom stereocenters. The fraction of sp³-hybridized carbons (Fsp3) is 0.350. The predicted molar refractivity (Wildman–Crippen MR) is 104 cm³/mol. The Balaban J connectivity index is 0.00000288. The number of nitrogens with zero attached hydrogens (tertiary/aromatic N) is 2. The summed E-state index contributed by atoms with van der Waals surface area (Å²) in [4.78, 5) is 2.12. The van der Waals surface area contributed by atoms with Crippen LogP contribution >= 0.6 is 24.0 Å². The van der Waals surface area contributed by atoms with Crippen LogP contribution in [0.5, 0.6) is 0 Å². The molecule has 0 spiro atoms. The van der Waals surface area contributed by atoms with Gasteiger partial charge in [-0.05, 0) is 62.3 Å². The van der Waals surface area contributed by atoms with Crippen LogP contribution in [0.1, 0.15) is 30.0 Å². The molecule has 2 aromatic rings. The second kappa shape index (κ2) is 9.08. The van der Waals surface area contributed by atoms with Gasteiger partial charge in [-0.25, -0.2) is 0 Å². The highest BCUT2D eigenvalue weighted by molar-refractivity contribution is 6.30. The molecule has 0 saturated carbocycles. The summed E-state index contributed by atoms with van der Waals surface area (Å²) in [5.41, 5.74) is 2.69. The van der Waals surface area contributed by atoms with E-state index in [1.165, 1.54) is 5.56 Å². The molecule has 2 rings (SSSR count). The third kappa shape index (κ3) is 4.30. The Morgan fingerprint density at radius 1 is 1.08 bits per heavy atom. The smallest absolute Gasteiger partial charge is 0.109 e. The largest absolute Gasteiger partial charge is 0.309 e. The molecule has 0 fully saturated rings. The highest BCUT2D eigenvalue weighted by Gasteiger charge is 2.35. The van der Waals surface area contributed by atoms with Gasteiger partial charge < -0.3 is 4.90 Å². The molecule has 0 N–H and O–H groups in total. The van der Waals surface area contributed by atoms with E-state index in [1.807, 2.05) is 50.5 Å². The SMILES string of the molecule is CCc1ccccc1C(C#N)(CCN(C)C)c1ccc(Cl)cc1.Cl. The molecule has 0 radical (unpaired) electrons. The van der Waals surface area contributed by atoms with Gasteiger partial charge in [-0.15, -0.1) is 12.4 Å². The van der Waals surface area contributed by atoms with Gasteiger partial charge in [0.1, 0.15) is 5.41 Å². The highest BCUT2D eigenvalue weighted by Crippen LogP contribution is 2.38. The maximum absolute atomic E-state index is 10.2. The van der Waals surface area contributed by atoms with E-state index < -0.39 is 5.41 Å². The predicted octanol–water partition coefficient (Wildman–Crippen LogP) is 5.09. The Bertz CT molecular complexity index is 690. The number of benzene rings is 2. The van der Waals surface area contributed by atoms with Crippen molar-refractivity contribution in [3.63, 3.8) is 0 Å². The molecule has 0 heterocycles. The van der Waals surface area contributed by atoms with Gasteiger partial charge in [-0.3, -0.25) is 0 Å². The van der Waals surface area contributed by atoms with Crippen molar-refractivity contribution >= 4 is 24.0 Å². The van der Waals surface area contributed by atoms with Gasteiger partial charge in [0, 0.05) is 5.02 Å². The summed E-state index contributed by atoms with van der Waals surface area (Å²) in [5.74, 6) is 0. The lowest BCUT2D eigenvalue weighted by molar-refractivity contribution is 0.371. The maximum Gasteiger partial charge on any atom is 0.109 e. The van der Waals surface area contributed by atoms with Crippen LogP contribution in [0.3, 0.4) is 0 Å². The summed E-state index contributed by atoms with van der Waals surface area (Å²) >= 11 is 6.05. The zero-order chi connectivity index (χ0) is 16.9. The summed E-state index contributed by atoms with van der Waals surface area (Å²) in [7, 11) is 4.07. The van der Waals surface area contributed by atoms with Gasteiger partial charge in [0.25, 0.3) is 0 Å². The van der Waals surface area contributed by atoms with E-state index in [4.69, 9.17) is 11.6 Å². The van der Waals surface area contributed by atoms with Crippen LogP contribution in [0.15, 0.2) is 48.5 Å². The zero-order valence-corrected chi connectivity index (χ0v) is 16.0. The molecule has 0 aliphatic rings. The van der Waals surface area contributed by atoms with Gasteiger partial charge in [0.15, 0.2) is 0 Å². The Hall–Kier alpha value is -1.53. The van der Waals surface area contributed by atoms with E-state index in [9.17, 15) is 5.26 Å². The van der Waals surface area contributed by atoms with E-state index in [-0.39, 0.29) is 12.4 Å². The first-order chi connectivity index (χ1) is 11.0. The summed E-state index contributed by atoms with van der Waals surface area (Å²) in [6, 6.07) is 18.6. The molecule has 0 aliphatic carbocycles. The van der Waals surface area contributed by atoms with Crippen LogP contribution in [0.2, 0.25) is 5.02 Å². The van der Waals surface area contributed by atoms with Crippen LogP contribution in [-0.4, -0.2) is 25.5 Å². The number of halogens is 2. The first-order valence-corrected chi connectivity index (χ1v) is 8.31. The van der Waals surface area contributed by atoms with Gasteiger partial charge in [-0.1, -0.05) is 54.9 Å². The molecule has 24 heavy (non-hydrogen) atoms. The van der Waals surface area contributed by atoms with Crippen molar-refractivity contribution in [1.29, 1.82) is 5.26 Å². The Kier molecular flexibility index (Phi) is 7.76. The van der Waals surface area contributed by atoms with E-state index >= 15 is 0 Å². The molecule has 0 saturated heterocycles. The van der Waals surface area contributed by atoms with E-state index in [1.54, 1.807) is 0 Å². The summed E-state index contributed by atoms with van der Waals surface area (Å²) in [5, 5.41) is 10.9. The van der Waals surface area contributed by atoms with Crippen molar-refractivity contribution in [2.24, 2.45) is 0 Å². The van der Waals surface area contributed by atoms with Crippen molar-refractivity contribution in [1.82, 2.24) is 4.90 Å². The number of hydrogen-bond acceptors (Lipinski definition) is 2. The van der Waals surface area contributed by atoms with Crippen molar-refractivity contribution in [2.75, 3.05) is 20.6 Å². The second-order valence-corrected chi connectivity index (χ2v) is 6.52. The first-order valence-electron chi connectivity index (χ1n) is 7.94. The lowest BCUT2D eigenvalue weighted by Gasteiger charge is -2.31. The van der Waals surface area contributed by atoms with Crippen LogP contribution in [0.4, 0.5) is 0 Å². The molecule has 128 valence electrons. The van der Waals surface area contributed by atoms with Gasteiger partial charge >= 0.3 is 0 Å². The van der Waals surface area contributed by atoms with E-state index in [0.717, 1.165) is 30.5 Å². The number of rotatable bonds is 6. The molecular formula is C20H24Cl2N2. The van der Waals surface area contributed by atoms with Crippen LogP contribution in [-0.2, 0) is 11.8 Å². The van der Waals surface area contributed by atoms with Crippen LogP contribution in [0.25, 0.3) is 0 Å². The van der Waals surface area contributed by atoms with Crippen molar-refractivity contribution in [2.45, 2.75) is 25.2 Å². The fourth-order valence-electron chi connectivity index (χ4n) is 2.99. The molecule has 0 aliphatic heterocycles. The minimum absolute atomic E-state index is 0. The van der Waals surface area contributed by atoms with Crippen molar-refractivity contribution < 1.29 is 0 Å². The molecule has 0 amide bonds. The fourth-order valence-corrected chi connectivity index (χ4v) is 3.11. The van der Waals surface area contributed by atoms with Gasteiger partial charge in [-0.2, -0.15) is 5.26 Å². The Morgan fingerprint density at radius 3 is 2.25 bits per heavy atom. The lowest BCUT2D eigenvalue weighted by atomic mass is 9.71. The normalized spacial score (nSPS) is 13.0. The molecule has 2 aromatic carbocycles. The standard InChI is InChI=1S/C20H23ClN2.ClH/c1-4-16-7-5-6-8-19(16)20(15-22,13-14-23(2)3)17-9-11-18(21)12-10-17;/h5-12H,4,13-14H2,1-3H3;1H. The quantitative estimate of drug-likeness (QED) is 0.715. The first kappa shape index (κ1) is 20.5. The van der Waals surface area contributed by atoms with E-state index in [0.29, 0.717) is 5.02 Å². The van der Waals surface area contributed by atoms with Crippen LogP contribution in [0, 0.1) is 11.3 Å². The second-order valence-electron chi connectivity index (χ2n) is 6.09. The molecule has 1 unspecified atom stereocenters. The van der Waals surface area contributed by atoms with Gasteiger partial charge in [0.05, 0.1) is 6.07 Å². The molecule has 2 nitrogen and oxygen atoms in total. The third-order valence-corrected chi connectivity index (χ3v) is 4.57. The van der Waals surface area contributed by atoms with Crippen LogP contribution < -0.4 is 0 Å². The average Bonchev–Trinajstić information content (AvgIpc) is 2.57. The number of aryl methyl sites for hydroxylation is 1. The average molecular weight is 363 g/mol. The number of nitriles is 1. The van der Waals surface area contributed by atoms with Crippen molar-refractivity contribution in [3.8, 4) is 6.07 Å². The minimum atomic E-state index is -0.651. The summed E-state index contributed by atoms with van der Waals surface area (Å²) in [6.07, 6.45) is 1.66. The lowest BCUT2D eigenvalue weighted by Crippen LogP contribution is -2.31. The zero-order valence-electron chi connectivity index (χ0n) is 14.4. The third-order valence-electron chi connectivity index (χ3n) is 4.32. The highest BCUT2D eigenvalue weighted by atomic mass is 35.5. The molecule has 0 aromatic heterocycles. The topological polar surface area (TPSA) is 27.0 Å². The Morgan fingerprint density at radius 2 is 1.71 bits per heavy atom. The molecular weight excluding hydrogens is 339 g/mol. The molecule has 4 heteroatoms. The van der Waals surface area contributed by atoms with Crippen molar-refractivity contribution in [3.05, 3.63) is 70.2 Å². The summed E-state index contributed by atoms with van der Waals surface area (Å²) < 4.78 is 0.